The van der Waals surface area contributed by atoms with Crippen LogP contribution in [0.3, 0.4) is 0 Å². The molecule has 3 aromatic rings. The first-order valence-corrected chi connectivity index (χ1v) is 9.45. The number of hydrogen-bond acceptors (Lipinski definition) is 0. The topological polar surface area (TPSA) is 0 Å². The first-order chi connectivity index (χ1) is 13.3. The lowest BCUT2D eigenvalue weighted by molar-refractivity contribution is 1.63. The highest BCUT2D eigenvalue weighted by molar-refractivity contribution is 6.17. The van der Waals surface area contributed by atoms with Gasteiger partial charge in [-0.25, -0.2) is 0 Å². The number of benzene rings is 3. The Hall–Kier alpha value is -3.12. The highest BCUT2D eigenvalue weighted by atomic mass is 14.2. The van der Waals surface area contributed by atoms with Gasteiger partial charge in [0, 0.05) is 0 Å². The van der Waals surface area contributed by atoms with Crippen molar-refractivity contribution in [3.63, 3.8) is 0 Å². The van der Waals surface area contributed by atoms with Crippen molar-refractivity contribution in [1.29, 1.82) is 0 Å². The average molecular weight is 351 g/mol. The largest absolute Gasteiger partial charge is 0.0991 e. The predicted molar refractivity (Wildman–Crippen MR) is 123 cm³/mol. The van der Waals surface area contributed by atoms with E-state index in [1.807, 2.05) is 12.2 Å². The second kappa shape index (κ2) is 8.51. The number of rotatable bonds is 5. The van der Waals surface area contributed by atoms with E-state index in [9.17, 15) is 0 Å². The first-order valence-electron chi connectivity index (χ1n) is 9.45. The predicted octanol–water partition coefficient (Wildman–Crippen LogP) is 8.12. The quantitative estimate of drug-likeness (QED) is 0.322. The van der Waals surface area contributed by atoms with Gasteiger partial charge in [0.2, 0.25) is 0 Å². The van der Waals surface area contributed by atoms with Gasteiger partial charge in [0.1, 0.15) is 0 Å². The fourth-order valence-electron chi connectivity index (χ4n) is 3.75. The van der Waals surface area contributed by atoms with Crippen LogP contribution in [0.2, 0.25) is 0 Å². The van der Waals surface area contributed by atoms with Gasteiger partial charge in [0.25, 0.3) is 0 Å². The molecule has 0 amide bonds. The molecule has 0 nitrogen and oxygen atoms in total. The molecule has 0 saturated carbocycles. The van der Waals surface area contributed by atoms with Crippen LogP contribution in [0, 0.1) is 0 Å². The number of hydrogen-bond donors (Lipinski definition) is 0. The van der Waals surface area contributed by atoms with Crippen LogP contribution >= 0.6 is 0 Å². The smallest absolute Gasteiger partial charge is 0.00297 e. The van der Waals surface area contributed by atoms with Crippen LogP contribution in [0.15, 0.2) is 97.6 Å². The average Bonchev–Trinajstić information content (AvgIpc) is 2.72. The third-order valence-electron chi connectivity index (χ3n) is 4.89. The molecule has 0 saturated heterocycles. The number of fused-ring (bicyclic) bond motifs is 2. The summed E-state index contributed by atoms with van der Waals surface area (Å²) in [6.07, 6.45) is 14.6. The lowest BCUT2D eigenvalue weighted by Gasteiger charge is -2.18. The summed E-state index contributed by atoms with van der Waals surface area (Å²) in [6, 6.07) is 17.4. The van der Waals surface area contributed by atoms with Crippen molar-refractivity contribution in [2.75, 3.05) is 0 Å². The van der Waals surface area contributed by atoms with Crippen molar-refractivity contribution in [3.8, 4) is 0 Å². The fraction of sp³-hybridized carbons (Fsp3) is 0.111. The maximum atomic E-state index is 3.83. The standard InChI is InChI=1S/C27H26/c1-5-9-15-21(8-4)27-24-18-12-10-16-22(24)26(20(7-3)14-6-2)23-17-11-13-19-25(23)27/h5-19H,1H2,2-4H3/b14-6-,15-9-,20-7+,21-8+. The van der Waals surface area contributed by atoms with Gasteiger partial charge < -0.3 is 0 Å². The molecule has 0 bridgehead atoms. The Labute approximate surface area is 162 Å². The summed E-state index contributed by atoms with van der Waals surface area (Å²) in [5.74, 6) is 0. The van der Waals surface area contributed by atoms with E-state index in [0.29, 0.717) is 0 Å². The molecular weight excluding hydrogens is 324 g/mol. The second-order valence-electron chi connectivity index (χ2n) is 6.42. The molecule has 0 aliphatic carbocycles. The minimum absolute atomic E-state index is 1.21. The normalized spacial score (nSPS) is 13.3. The zero-order valence-electron chi connectivity index (χ0n) is 16.4. The molecule has 0 aliphatic heterocycles. The van der Waals surface area contributed by atoms with Crippen LogP contribution < -0.4 is 0 Å². The van der Waals surface area contributed by atoms with E-state index in [-0.39, 0.29) is 0 Å². The molecule has 0 aromatic heterocycles. The Kier molecular flexibility index (Phi) is 5.88. The van der Waals surface area contributed by atoms with Crippen LogP contribution in [0.1, 0.15) is 31.9 Å². The molecule has 0 radical (unpaired) electrons. The van der Waals surface area contributed by atoms with Gasteiger partial charge in [-0.3, -0.25) is 0 Å². The second-order valence-corrected chi connectivity index (χ2v) is 6.42. The molecule has 134 valence electrons. The van der Waals surface area contributed by atoms with E-state index in [2.05, 4.69) is 106 Å². The van der Waals surface area contributed by atoms with E-state index in [1.165, 1.54) is 43.8 Å². The summed E-state index contributed by atoms with van der Waals surface area (Å²) < 4.78 is 0. The lowest BCUT2D eigenvalue weighted by Crippen LogP contribution is -1.94. The molecule has 27 heavy (non-hydrogen) atoms. The Bertz CT molecular complexity index is 1040. The van der Waals surface area contributed by atoms with Crippen molar-refractivity contribution in [1.82, 2.24) is 0 Å². The zero-order chi connectivity index (χ0) is 19.2. The molecular formula is C27H26. The van der Waals surface area contributed by atoms with E-state index in [0.717, 1.165) is 0 Å². The molecule has 0 aliphatic rings. The van der Waals surface area contributed by atoms with Crippen molar-refractivity contribution in [2.24, 2.45) is 0 Å². The van der Waals surface area contributed by atoms with Crippen LogP contribution in [0.5, 0.6) is 0 Å². The Morgan fingerprint density at radius 3 is 1.41 bits per heavy atom. The lowest BCUT2D eigenvalue weighted by atomic mass is 9.85. The zero-order valence-corrected chi connectivity index (χ0v) is 16.4. The summed E-state index contributed by atoms with van der Waals surface area (Å²) in [5, 5.41) is 5.11. The maximum Gasteiger partial charge on any atom is -0.00297 e. The molecule has 0 atom stereocenters. The third kappa shape index (κ3) is 3.44. The van der Waals surface area contributed by atoms with Gasteiger partial charge in [0.15, 0.2) is 0 Å². The van der Waals surface area contributed by atoms with Crippen molar-refractivity contribution < 1.29 is 0 Å². The highest BCUT2D eigenvalue weighted by Crippen LogP contribution is 2.40. The van der Waals surface area contributed by atoms with Gasteiger partial charge >= 0.3 is 0 Å². The Balaban J connectivity index is 2.56. The van der Waals surface area contributed by atoms with Crippen molar-refractivity contribution in [3.05, 3.63) is 109 Å². The van der Waals surface area contributed by atoms with E-state index in [1.54, 1.807) is 0 Å². The van der Waals surface area contributed by atoms with Gasteiger partial charge in [0.05, 0.1) is 0 Å². The van der Waals surface area contributed by atoms with Gasteiger partial charge in [-0.2, -0.15) is 0 Å². The van der Waals surface area contributed by atoms with Crippen LogP contribution in [0.4, 0.5) is 0 Å². The molecule has 0 unspecified atom stereocenters. The summed E-state index contributed by atoms with van der Waals surface area (Å²) >= 11 is 0. The van der Waals surface area contributed by atoms with Gasteiger partial charge in [-0.1, -0.05) is 97.6 Å². The Morgan fingerprint density at radius 2 is 1.07 bits per heavy atom. The minimum Gasteiger partial charge on any atom is -0.0991 e. The molecule has 0 heteroatoms. The minimum atomic E-state index is 1.21. The molecule has 0 spiro atoms. The monoisotopic (exact) mass is 350 g/mol. The maximum absolute atomic E-state index is 3.83. The van der Waals surface area contributed by atoms with E-state index >= 15 is 0 Å². The summed E-state index contributed by atoms with van der Waals surface area (Å²) in [4.78, 5) is 0. The van der Waals surface area contributed by atoms with Crippen molar-refractivity contribution in [2.45, 2.75) is 20.8 Å². The van der Waals surface area contributed by atoms with E-state index < -0.39 is 0 Å². The summed E-state index contributed by atoms with van der Waals surface area (Å²) in [6.45, 7) is 10.1. The van der Waals surface area contributed by atoms with Gasteiger partial charge in [-0.05, 0) is 64.6 Å². The molecule has 0 N–H and O–H groups in total. The molecule has 3 rings (SSSR count). The molecule has 0 fully saturated rings. The SMILES string of the molecule is C=C/C=C\C(=C/C)c1c2ccccc2c(C(/C=C\C)=C/C)c2ccccc12. The molecule has 0 heterocycles. The summed E-state index contributed by atoms with van der Waals surface area (Å²) in [7, 11) is 0. The first kappa shape index (κ1) is 18.7. The van der Waals surface area contributed by atoms with Gasteiger partial charge in [-0.15, -0.1) is 0 Å². The highest BCUT2D eigenvalue weighted by Gasteiger charge is 2.16. The Morgan fingerprint density at radius 1 is 0.667 bits per heavy atom. The van der Waals surface area contributed by atoms with Crippen molar-refractivity contribution >= 4 is 32.7 Å². The van der Waals surface area contributed by atoms with Crippen LogP contribution in [-0.4, -0.2) is 0 Å². The third-order valence-corrected chi connectivity index (χ3v) is 4.89. The molecule has 3 aromatic carbocycles. The van der Waals surface area contributed by atoms with E-state index in [4.69, 9.17) is 0 Å². The van der Waals surface area contributed by atoms with Crippen LogP contribution in [0.25, 0.3) is 32.7 Å². The number of allylic oxidation sites excluding steroid dienone is 9. The fourth-order valence-corrected chi connectivity index (χ4v) is 3.75. The van der Waals surface area contributed by atoms with Crippen LogP contribution in [-0.2, 0) is 0 Å². The summed E-state index contributed by atoms with van der Waals surface area (Å²) in [5.41, 5.74) is 5.04.